The molecule has 0 aliphatic heterocycles. The van der Waals surface area contributed by atoms with E-state index in [2.05, 4.69) is 10.3 Å². The zero-order valence-electron chi connectivity index (χ0n) is 15.7. The standard InChI is InChI=1S/C20H19N3O5S/c1-13(20(25)21-14-6-4-7-15(12-14)23(26)27)28-19(24)11-5-10-18-22-16-8-2-3-9-17(16)29-18/h2-4,6-9,12-13H,5,10-11H2,1H3,(H,21,25). The summed E-state index contributed by atoms with van der Waals surface area (Å²) >= 11 is 1.60. The van der Waals surface area contributed by atoms with Crippen LogP contribution >= 0.6 is 11.3 Å². The van der Waals surface area contributed by atoms with Crippen LogP contribution in [0.15, 0.2) is 48.5 Å². The van der Waals surface area contributed by atoms with E-state index in [0.717, 1.165) is 15.2 Å². The number of nitro benzene ring substituents is 1. The number of para-hydroxylation sites is 1. The Kier molecular flexibility index (Phi) is 6.50. The second-order valence-electron chi connectivity index (χ2n) is 6.36. The van der Waals surface area contributed by atoms with Gasteiger partial charge < -0.3 is 10.1 Å². The normalized spacial score (nSPS) is 11.8. The van der Waals surface area contributed by atoms with E-state index in [9.17, 15) is 19.7 Å². The molecule has 1 N–H and O–H groups in total. The molecule has 0 radical (unpaired) electrons. The maximum atomic E-state index is 12.2. The number of nitrogens with zero attached hydrogens (tertiary/aromatic N) is 2. The van der Waals surface area contributed by atoms with Crippen LogP contribution in [0, 0.1) is 10.1 Å². The van der Waals surface area contributed by atoms with Crippen LogP contribution in [0.3, 0.4) is 0 Å². The number of anilines is 1. The highest BCUT2D eigenvalue weighted by molar-refractivity contribution is 7.18. The molecule has 3 aromatic rings. The van der Waals surface area contributed by atoms with Gasteiger partial charge in [0.05, 0.1) is 20.1 Å². The number of benzene rings is 2. The van der Waals surface area contributed by atoms with Crippen LogP contribution < -0.4 is 5.32 Å². The lowest BCUT2D eigenvalue weighted by Crippen LogP contribution is -2.29. The summed E-state index contributed by atoms with van der Waals surface area (Å²) in [5.74, 6) is -1.03. The number of aryl methyl sites for hydroxylation is 1. The number of nitro groups is 1. The monoisotopic (exact) mass is 413 g/mol. The first-order valence-electron chi connectivity index (χ1n) is 9.01. The molecule has 0 saturated carbocycles. The summed E-state index contributed by atoms with van der Waals surface area (Å²) < 4.78 is 6.26. The molecule has 150 valence electrons. The van der Waals surface area contributed by atoms with Crippen molar-refractivity contribution in [1.29, 1.82) is 0 Å². The summed E-state index contributed by atoms with van der Waals surface area (Å²) in [5.41, 5.74) is 1.08. The number of thiazole rings is 1. The van der Waals surface area contributed by atoms with Gasteiger partial charge >= 0.3 is 5.97 Å². The van der Waals surface area contributed by atoms with Crippen molar-refractivity contribution in [3.63, 3.8) is 0 Å². The number of esters is 1. The van der Waals surface area contributed by atoms with E-state index in [4.69, 9.17) is 4.74 Å². The van der Waals surface area contributed by atoms with Crippen molar-refractivity contribution in [2.75, 3.05) is 5.32 Å². The summed E-state index contributed by atoms with van der Waals surface area (Å²) in [5, 5.41) is 14.3. The van der Waals surface area contributed by atoms with E-state index < -0.39 is 22.9 Å². The molecule has 1 atom stereocenters. The maximum Gasteiger partial charge on any atom is 0.306 e. The minimum atomic E-state index is -1.01. The van der Waals surface area contributed by atoms with E-state index in [1.54, 1.807) is 11.3 Å². The molecule has 1 aromatic heterocycles. The lowest BCUT2D eigenvalue weighted by atomic mass is 10.2. The SMILES string of the molecule is CC(OC(=O)CCCc1nc2ccccc2s1)C(=O)Nc1cccc([N+](=O)[O-])c1. The molecule has 8 nitrogen and oxygen atoms in total. The summed E-state index contributed by atoms with van der Waals surface area (Å²) in [6.45, 7) is 1.46. The first-order chi connectivity index (χ1) is 13.9. The average Bonchev–Trinajstić information content (AvgIpc) is 3.10. The Morgan fingerprint density at radius 3 is 2.79 bits per heavy atom. The zero-order valence-corrected chi connectivity index (χ0v) is 16.5. The molecule has 1 heterocycles. The van der Waals surface area contributed by atoms with Gasteiger partial charge in [-0.15, -0.1) is 11.3 Å². The Morgan fingerprint density at radius 1 is 1.24 bits per heavy atom. The first kappa shape index (κ1) is 20.4. The molecule has 2 aromatic carbocycles. The van der Waals surface area contributed by atoms with Crippen molar-refractivity contribution >= 4 is 44.8 Å². The van der Waals surface area contributed by atoms with Gasteiger partial charge in [-0.1, -0.05) is 18.2 Å². The smallest absolute Gasteiger partial charge is 0.306 e. The van der Waals surface area contributed by atoms with Crippen LogP contribution in [0.25, 0.3) is 10.2 Å². The van der Waals surface area contributed by atoms with Gasteiger partial charge in [0.15, 0.2) is 6.10 Å². The third-order valence-corrected chi connectivity index (χ3v) is 5.21. The summed E-state index contributed by atoms with van der Waals surface area (Å²) in [4.78, 5) is 38.9. The van der Waals surface area contributed by atoms with Gasteiger partial charge in [-0.2, -0.15) is 0 Å². The van der Waals surface area contributed by atoms with Gasteiger partial charge in [-0.3, -0.25) is 19.7 Å². The van der Waals surface area contributed by atoms with Crippen LogP contribution in [-0.2, 0) is 20.7 Å². The Labute approximate surface area is 170 Å². The molecule has 29 heavy (non-hydrogen) atoms. The number of hydrogen-bond acceptors (Lipinski definition) is 7. The van der Waals surface area contributed by atoms with Crippen molar-refractivity contribution < 1.29 is 19.2 Å². The molecule has 0 saturated heterocycles. The topological polar surface area (TPSA) is 111 Å². The maximum absolute atomic E-state index is 12.2. The molecule has 9 heteroatoms. The molecule has 0 fully saturated rings. The highest BCUT2D eigenvalue weighted by atomic mass is 32.1. The van der Waals surface area contributed by atoms with Crippen molar-refractivity contribution in [2.24, 2.45) is 0 Å². The van der Waals surface area contributed by atoms with Crippen LogP contribution in [-0.4, -0.2) is 27.9 Å². The summed E-state index contributed by atoms with van der Waals surface area (Å²) in [6.07, 6.45) is 0.384. The van der Waals surface area contributed by atoms with Gasteiger partial charge in [0.2, 0.25) is 0 Å². The van der Waals surface area contributed by atoms with E-state index in [1.165, 1.54) is 31.2 Å². The van der Waals surface area contributed by atoms with Gasteiger partial charge in [0.25, 0.3) is 11.6 Å². The van der Waals surface area contributed by atoms with Crippen molar-refractivity contribution in [1.82, 2.24) is 4.98 Å². The number of ether oxygens (including phenoxy) is 1. The quantitative estimate of drug-likeness (QED) is 0.338. The Morgan fingerprint density at radius 2 is 2.03 bits per heavy atom. The van der Waals surface area contributed by atoms with Gasteiger partial charge in [-0.05, 0) is 38.0 Å². The zero-order chi connectivity index (χ0) is 20.8. The molecule has 0 spiro atoms. The fourth-order valence-electron chi connectivity index (χ4n) is 2.66. The minimum Gasteiger partial charge on any atom is -0.453 e. The molecule has 0 aliphatic rings. The molecule has 0 bridgehead atoms. The highest BCUT2D eigenvalue weighted by Crippen LogP contribution is 2.23. The summed E-state index contributed by atoms with van der Waals surface area (Å²) in [6, 6.07) is 13.4. The third kappa shape index (κ3) is 5.58. The second kappa shape index (κ2) is 9.24. The number of amides is 1. The summed E-state index contributed by atoms with van der Waals surface area (Å²) in [7, 11) is 0. The van der Waals surface area contributed by atoms with Crippen LogP contribution in [0.4, 0.5) is 11.4 Å². The Hall–Kier alpha value is -3.33. The van der Waals surface area contributed by atoms with Crippen LogP contribution in [0.5, 0.6) is 0 Å². The number of non-ortho nitro benzene ring substituents is 1. The highest BCUT2D eigenvalue weighted by Gasteiger charge is 2.18. The van der Waals surface area contributed by atoms with Gasteiger partial charge in [0.1, 0.15) is 0 Å². The number of nitrogens with one attached hydrogen (secondary N) is 1. The number of fused-ring (bicyclic) bond motifs is 1. The Balaban J connectivity index is 1.45. The second-order valence-corrected chi connectivity index (χ2v) is 7.47. The molecule has 1 unspecified atom stereocenters. The number of hydrogen-bond donors (Lipinski definition) is 1. The van der Waals surface area contributed by atoms with Gasteiger partial charge in [-0.25, -0.2) is 4.98 Å². The molecular formula is C20H19N3O5S. The molecule has 1 amide bonds. The van der Waals surface area contributed by atoms with E-state index in [1.807, 2.05) is 24.3 Å². The predicted octanol–water partition coefficient (Wildman–Crippen LogP) is 4.10. The number of carbonyl (C=O) groups is 2. The lowest BCUT2D eigenvalue weighted by molar-refractivity contribution is -0.384. The molecule has 3 rings (SSSR count). The lowest BCUT2D eigenvalue weighted by Gasteiger charge is -2.13. The number of rotatable bonds is 8. The van der Waals surface area contributed by atoms with Crippen LogP contribution in [0.1, 0.15) is 24.8 Å². The first-order valence-corrected chi connectivity index (χ1v) is 9.83. The number of aromatic nitrogens is 1. The largest absolute Gasteiger partial charge is 0.453 e. The number of carbonyl (C=O) groups excluding carboxylic acids is 2. The van der Waals surface area contributed by atoms with E-state index >= 15 is 0 Å². The molecular weight excluding hydrogens is 394 g/mol. The fourth-order valence-corrected chi connectivity index (χ4v) is 3.67. The predicted molar refractivity (Wildman–Crippen MR) is 110 cm³/mol. The Bertz CT molecular complexity index is 1020. The third-order valence-electron chi connectivity index (χ3n) is 4.11. The molecule has 0 aliphatic carbocycles. The van der Waals surface area contributed by atoms with E-state index in [-0.39, 0.29) is 17.8 Å². The van der Waals surface area contributed by atoms with Gasteiger partial charge in [0, 0.05) is 24.2 Å². The van der Waals surface area contributed by atoms with Crippen molar-refractivity contribution in [3.8, 4) is 0 Å². The van der Waals surface area contributed by atoms with Crippen LogP contribution in [0.2, 0.25) is 0 Å². The van der Waals surface area contributed by atoms with E-state index in [0.29, 0.717) is 12.8 Å². The fraction of sp³-hybridized carbons (Fsp3) is 0.250. The van der Waals surface area contributed by atoms with Crippen molar-refractivity contribution in [2.45, 2.75) is 32.3 Å². The van der Waals surface area contributed by atoms with Crippen molar-refractivity contribution in [3.05, 3.63) is 63.7 Å². The minimum absolute atomic E-state index is 0.137. The average molecular weight is 413 g/mol.